The zero-order valence-electron chi connectivity index (χ0n) is 10.3. The third-order valence-corrected chi connectivity index (χ3v) is 4.06. The molecule has 0 saturated heterocycles. The first kappa shape index (κ1) is 15.1. The summed E-state index contributed by atoms with van der Waals surface area (Å²) < 4.78 is 38.2. The Morgan fingerprint density at radius 2 is 2.11 bits per heavy atom. The van der Waals surface area contributed by atoms with Gasteiger partial charge in [0.15, 0.2) is 0 Å². The number of nitrogens with one attached hydrogen (secondary N) is 1. The van der Waals surface area contributed by atoms with E-state index in [1.807, 2.05) is 0 Å². The van der Waals surface area contributed by atoms with Crippen LogP contribution in [-0.2, 0) is 16.4 Å². The van der Waals surface area contributed by atoms with Crippen LogP contribution in [0.25, 0.3) is 0 Å². The minimum absolute atomic E-state index is 0.0775. The maximum Gasteiger partial charge on any atom is 0.211 e. The molecule has 0 radical (unpaired) electrons. The van der Waals surface area contributed by atoms with E-state index >= 15 is 0 Å². The van der Waals surface area contributed by atoms with Crippen LogP contribution in [0.1, 0.15) is 17.5 Å². The number of halogens is 1. The summed E-state index contributed by atoms with van der Waals surface area (Å²) in [7, 11) is -3.32. The molecule has 1 rings (SSSR count). The fraction of sp³-hybridized carbons (Fsp3) is 0.500. The molecule has 0 aliphatic carbocycles. The van der Waals surface area contributed by atoms with Gasteiger partial charge < -0.3 is 5.11 Å². The van der Waals surface area contributed by atoms with E-state index in [0.717, 1.165) is 11.1 Å². The van der Waals surface area contributed by atoms with Gasteiger partial charge in [-0.2, -0.15) is 0 Å². The fourth-order valence-electron chi connectivity index (χ4n) is 1.61. The average Bonchev–Trinajstić information content (AvgIpc) is 2.29. The van der Waals surface area contributed by atoms with Crippen molar-refractivity contribution >= 4 is 10.0 Å². The van der Waals surface area contributed by atoms with Crippen LogP contribution in [0.4, 0.5) is 4.39 Å². The number of hydrogen-bond acceptors (Lipinski definition) is 3. The Morgan fingerprint density at radius 1 is 1.39 bits per heavy atom. The molecular formula is C12H18FNO3S. The lowest BCUT2D eigenvalue weighted by Gasteiger charge is -2.08. The molecule has 2 N–H and O–H groups in total. The summed E-state index contributed by atoms with van der Waals surface area (Å²) in [5, 5.41) is 8.57. The number of aliphatic hydroxyl groups is 1. The number of aliphatic hydroxyl groups excluding tert-OH is 1. The summed E-state index contributed by atoms with van der Waals surface area (Å²) >= 11 is 0. The zero-order chi connectivity index (χ0) is 13.6. The second kappa shape index (κ2) is 6.82. The topological polar surface area (TPSA) is 66.4 Å². The van der Waals surface area contributed by atoms with Crippen LogP contribution in [-0.4, -0.2) is 32.4 Å². The van der Waals surface area contributed by atoms with Gasteiger partial charge in [0.25, 0.3) is 0 Å². The first-order valence-corrected chi connectivity index (χ1v) is 7.43. The maximum absolute atomic E-state index is 12.9. The average molecular weight is 275 g/mol. The molecule has 0 fully saturated rings. The van der Waals surface area contributed by atoms with E-state index in [0.29, 0.717) is 6.42 Å². The molecule has 0 spiro atoms. The third-order valence-electron chi connectivity index (χ3n) is 2.59. The van der Waals surface area contributed by atoms with Gasteiger partial charge in [-0.05, 0) is 43.0 Å². The fourth-order valence-corrected chi connectivity index (χ4v) is 2.67. The Labute approximate surface area is 107 Å². The first-order chi connectivity index (χ1) is 8.44. The lowest BCUT2D eigenvalue weighted by Crippen LogP contribution is -2.28. The van der Waals surface area contributed by atoms with E-state index < -0.39 is 10.0 Å². The van der Waals surface area contributed by atoms with Gasteiger partial charge in [0, 0.05) is 13.2 Å². The predicted octanol–water partition coefficient (Wildman–Crippen LogP) is 0.978. The molecular weight excluding hydrogens is 257 g/mol. The monoisotopic (exact) mass is 275 g/mol. The quantitative estimate of drug-likeness (QED) is 0.779. The molecule has 0 amide bonds. The van der Waals surface area contributed by atoms with Crippen LogP contribution in [0, 0.1) is 12.7 Å². The summed E-state index contributed by atoms with van der Waals surface area (Å²) in [5.74, 6) is -0.369. The van der Waals surface area contributed by atoms with Gasteiger partial charge in [-0.15, -0.1) is 0 Å². The normalized spacial score (nSPS) is 11.7. The minimum atomic E-state index is -3.32. The summed E-state index contributed by atoms with van der Waals surface area (Å²) in [6, 6.07) is 4.45. The van der Waals surface area contributed by atoms with Crippen molar-refractivity contribution in [3.63, 3.8) is 0 Å². The van der Waals surface area contributed by atoms with E-state index in [1.54, 1.807) is 13.0 Å². The van der Waals surface area contributed by atoms with Gasteiger partial charge in [0.05, 0.1) is 5.75 Å². The Morgan fingerprint density at radius 3 is 2.72 bits per heavy atom. The molecule has 102 valence electrons. The van der Waals surface area contributed by atoms with Gasteiger partial charge in [-0.25, -0.2) is 17.5 Å². The number of benzene rings is 1. The minimum Gasteiger partial charge on any atom is -0.396 e. The molecule has 4 nitrogen and oxygen atoms in total. The van der Waals surface area contributed by atoms with Crippen molar-refractivity contribution in [2.75, 3.05) is 18.9 Å². The van der Waals surface area contributed by atoms with Crippen LogP contribution < -0.4 is 4.72 Å². The Balaban J connectivity index is 2.46. The number of hydrogen-bond donors (Lipinski definition) is 2. The summed E-state index contributed by atoms with van der Waals surface area (Å²) in [4.78, 5) is 0. The second-order valence-corrected chi connectivity index (χ2v) is 6.04. The zero-order valence-corrected chi connectivity index (χ0v) is 11.1. The van der Waals surface area contributed by atoms with Gasteiger partial charge in [0.1, 0.15) is 5.82 Å². The molecule has 0 aliphatic heterocycles. The van der Waals surface area contributed by atoms with Crippen LogP contribution in [0.3, 0.4) is 0 Å². The summed E-state index contributed by atoms with van der Waals surface area (Å²) in [6.45, 7) is 1.93. The van der Waals surface area contributed by atoms with Gasteiger partial charge in [-0.3, -0.25) is 0 Å². The van der Waals surface area contributed by atoms with Crippen molar-refractivity contribution in [1.29, 1.82) is 0 Å². The highest BCUT2D eigenvalue weighted by Crippen LogP contribution is 2.10. The highest BCUT2D eigenvalue weighted by molar-refractivity contribution is 7.89. The Kier molecular flexibility index (Phi) is 5.71. The molecule has 0 unspecified atom stereocenters. The highest BCUT2D eigenvalue weighted by atomic mass is 32.2. The second-order valence-electron chi connectivity index (χ2n) is 4.11. The molecule has 0 bridgehead atoms. The van der Waals surface area contributed by atoms with E-state index in [1.165, 1.54) is 12.1 Å². The molecule has 0 aliphatic rings. The molecule has 0 heterocycles. The highest BCUT2D eigenvalue weighted by Gasteiger charge is 2.09. The SMILES string of the molecule is Cc1cc(F)ccc1CCNS(=O)(=O)CCCO. The smallest absolute Gasteiger partial charge is 0.211 e. The van der Waals surface area contributed by atoms with Crippen LogP contribution >= 0.6 is 0 Å². The Bertz CT molecular complexity index is 488. The van der Waals surface area contributed by atoms with E-state index in [-0.39, 0.29) is 31.1 Å². The maximum atomic E-state index is 12.9. The van der Waals surface area contributed by atoms with Crippen LogP contribution in [0.15, 0.2) is 18.2 Å². The predicted molar refractivity (Wildman–Crippen MR) is 68.3 cm³/mol. The molecule has 1 aromatic rings. The van der Waals surface area contributed by atoms with Gasteiger partial charge in [0.2, 0.25) is 10.0 Å². The molecule has 6 heteroatoms. The van der Waals surface area contributed by atoms with E-state index in [2.05, 4.69) is 4.72 Å². The lowest BCUT2D eigenvalue weighted by atomic mass is 10.1. The summed E-state index contributed by atoms with van der Waals surface area (Å²) in [5.41, 5.74) is 1.73. The van der Waals surface area contributed by atoms with Crippen molar-refractivity contribution in [3.8, 4) is 0 Å². The van der Waals surface area contributed by atoms with Crippen molar-refractivity contribution in [2.24, 2.45) is 0 Å². The van der Waals surface area contributed by atoms with Crippen LogP contribution in [0.2, 0.25) is 0 Å². The van der Waals surface area contributed by atoms with Crippen molar-refractivity contribution in [2.45, 2.75) is 19.8 Å². The van der Waals surface area contributed by atoms with Crippen molar-refractivity contribution < 1.29 is 17.9 Å². The third kappa shape index (κ3) is 5.12. The molecule has 0 aromatic heterocycles. The van der Waals surface area contributed by atoms with Crippen molar-refractivity contribution in [3.05, 3.63) is 35.1 Å². The molecule has 0 atom stereocenters. The van der Waals surface area contributed by atoms with Gasteiger partial charge >= 0.3 is 0 Å². The molecule has 0 saturated carbocycles. The van der Waals surface area contributed by atoms with Crippen LogP contribution in [0.5, 0.6) is 0 Å². The molecule has 1 aromatic carbocycles. The molecule has 18 heavy (non-hydrogen) atoms. The summed E-state index contributed by atoms with van der Waals surface area (Å²) in [6.07, 6.45) is 0.745. The first-order valence-electron chi connectivity index (χ1n) is 5.78. The number of sulfonamides is 1. The number of rotatable bonds is 7. The van der Waals surface area contributed by atoms with Crippen molar-refractivity contribution in [1.82, 2.24) is 4.72 Å². The van der Waals surface area contributed by atoms with E-state index in [4.69, 9.17) is 5.11 Å². The van der Waals surface area contributed by atoms with Gasteiger partial charge in [-0.1, -0.05) is 6.07 Å². The Hall–Kier alpha value is -0.980. The largest absolute Gasteiger partial charge is 0.396 e. The van der Waals surface area contributed by atoms with E-state index in [9.17, 15) is 12.8 Å². The lowest BCUT2D eigenvalue weighted by molar-refractivity contribution is 0.295. The number of aryl methyl sites for hydroxylation is 1. The standard InChI is InChI=1S/C12H18FNO3S/c1-10-9-12(13)4-3-11(10)5-6-14-18(16,17)8-2-7-15/h3-4,9,14-15H,2,5-8H2,1H3.